The van der Waals surface area contributed by atoms with E-state index in [1.165, 1.54) is 16.0 Å². The van der Waals surface area contributed by atoms with Crippen LogP contribution in [0, 0.1) is 13.8 Å². The number of nitrogens with one attached hydrogen (secondary N) is 1. The maximum Gasteiger partial charge on any atom is 0.260 e. The Morgan fingerprint density at radius 2 is 1.77 bits per heavy atom. The summed E-state index contributed by atoms with van der Waals surface area (Å²) in [6, 6.07) is 9.50. The second-order valence-corrected chi connectivity index (χ2v) is 8.75. The van der Waals surface area contributed by atoms with E-state index >= 15 is 0 Å². The summed E-state index contributed by atoms with van der Waals surface area (Å²) in [5.74, 6) is 1.05. The fourth-order valence-electron chi connectivity index (χ4n) is 3.28. The van der Waals surface area contributed by atoms with E-state index in [0.29, 0.717) is 23.6 Å². The van der Waals surface area contributed by atoms with E-state index in [1.807, 2.05) is 0 Å². The molecule has 0 aliphatic heterocycles. The minimum atomic E-state index is -0.0859. The molecule has 0 fully saturated rings. The Bertz CT molecular complexity index is 1010. The highest BCUT2D eigenvalue weighted by Crippen LogP contribution is 2.33. The predicted molar refractivity (Wildman–Crippen MR) is 123 cm³/mol. The van der Waals surface area contributed by atoms with Crippen molar-refractivity contribution in [1.82, 2.24) is 4.98 Å². The smallest absolute Gasteiger partial charge is 0.260 e. The number of methoxy groups -OCH3 is 2. The predicted octanol–water partition coefficient (Wildman–Crippen LogP) is 3.11. The van der Waals surface area contributed by atoms with Crippen molar-refractivity contribution >= 4 is 32.6 Å². The number of quaternary nitrogens is 1. The molecule has 7 heteroatoms. The van der Waals surface area contributed by atoms with E-state index in [9.17, 15) is 4.79 Å². The zero-order valence-electron chi connectivity index (χ0n) is 18.5. The Hall–Kier alpha value is -2.64. The highest BCUT2D eigenvalue weighted by molar-refractivity contribution is 7.22. The number of fused-ring (bicyclic) bond motifs is 1. The minimum Gasteiger partial charge on any atom is -0.493 e. The van der Waals surface area contributed by atoms with Crippen LogP contribution in [0.15, 0.2) is 30.3 Å². The lowest BCUT2D eigenvalue weighted by molar-refractivity contribution is -0.858. The van der Waals surface area contributed by atoms with Crippen LogP contribution in [0.3, 0.4) is 0 Å². The summed E-state index contributed by atoms with van der Waals surface area (Å²) in [4.78, 5) is 21.4. The molecule has 2 aromatic carbocycles. The van der Waals surface area contributed by atoms with Crippen LogP contribution in [-0.4, -0.2) is 52.3 Å². The largest absolute Gasteiger partial charge is 0.493 e. The third kappa shape index (κ3) is 4.74. The Balaban J connectivity index is 1.99. The second-order valence-electron chi connectivity index (χ2n) is 7.74. The topological polar surface area (TPSA) is 56.1 Å². The summed E-state index contributed by atoms with van der Waals surface area (Å²) < 4.78 is 11.8. The number of aromatic nitrogens is 1. The van der Waals surface area contributed by atoms with Gasteiger partial charge in [-0.3, -0.25) is 9.69 Å². The lowest BCUT2D eigenvalue weighted by Crippen LogP contribution is -3.05. The number of carbonyl (C=O) groups is 1. The van der Waals surface area contributed by atoms with Crippen LogP contribution in [0.5, 0.6) is 11.5 Å². The second kappa shape index (κ2) is 9.45. The van der Waals surface area contributed by atoms with Crippen molar-refractivity contribution in [2.45, 2.75) is 20.3 Å². The Labute approximate surface area is 182 Å². The van der Waals surface area contributed by atoms with Gasteiger partial charge in [0.05, 0.1) is 45.1 Å². The number of ether oxygens (including phenoxy) is 2. The number of carbonyl (C=O) groups excluding carboxylic acids is 1. The molecule has 1 amide bonds. The fourth-order valence-corrected chi connectivity index (χ4v) is 4.35. The number of hydrogen-bond acceptors (Lipinski definition) is 5. The van der Waals surface area contributed by atoms with Gasteiger partial charge in [-0.15, -0.1) is 0 Å². The molecular weight excluding hydrogens is 398 g/mol. The molecule has 0 radical (unpaired) electrons. The molecule has 0 aliphatic carbocycles. The van der Waals surface area contributed by atoms with Crippen molar-refractivity contribution in [1.29, 1.82) is 0 Å². The molecule has 160 valence electrons. The lowest BCUT2D eigenvalue weighted by Gasteiger charge is -2.21. The molecule has 0 atom stereocenters. The molecule has 0 spiro atoms. The van der Waals surface area contributed by atoms with Gasteiger partial charge < -0.3 is 14.4 Å². The van der Waals surface area contributed by atoms with Gasteiger partial charge >= 0.3 is 0 Å². The Morgan fingerprint density at radius 1 is 1.07 bits per heavy atom. The van der Waals surface area contributed by atoms with Crippen molar-refractivity contribution in [3.05, 3.63) is 47.0 Å². The maximum atomic E-state index is 13.5. The zero-order valence-corrected chi connectivity index (χ0v) is 19.4. The van der Waals surface area contributed by atoms with E-state index in [2.05, 4.69) is 40.1 Å². The van der Waals surface area contributed by atoms with E-state index in [0.717, 1.165) is 28.3 Å². The molecule has 0 saturated carbocycles. The molecule has 6 nitrogen and oxygen atoms in total. The molecule has 1 aromatic heterocycles. The summed E-state index contributed by atoms with van der Waals surface area (Å²) in [6.07, 6.45) is 0.884. The molecule has 30 heavy (non-hydrogen) atoms. The molecule has 0 saturated heterocycles. The van der Waals surface area contributed by atoms with Gasteiger partial charge in [0.1, 0.15) is 0 Å². The number of rotatable bonds is 8. The molecule has 0 bridgehead atoms. The molecule has 0 aliphatic rings. The normalized spacial score (nSPS) is 11.2. The maximum absolute atomic E-state index is 13.5. The van der Waals surface area contributed by atoms with Gasteiger partial charge in [0, 0.05) is 18.5 Å². The third-order valence-corrected chi connectivity index (χ3v) is 6.20. The van der Waals surface area contributed by atoms with Crippen molar-refractivity contribution < 1.29 is 19.2 Å². The third-order valence-electron chi connectivity index (χ3n) is 5.16. The van der Waals surface area contributed by atoms with Gasteiger partial charge in [-0.1, -0.05) is 11.3 Å². The number of aryl methyl sites for hydroxylation is 2. The standard InChI is InChI=1S/C23H29N3O3S/c1-15-12-18-21(13-16(15)2)30-23(24-18)26(11-7-10-25(3)4)22(27)17-8-9-19(28-5)20(14-17)29-6/h8-9,12-14H,7,10-11H2,1-6H3/p+1. The van der Waals surface area contributed by atoms with Gasteiger partial charge in [-0.25, -0.2) is 4.98 Å². The van der Waals surface area contributed by atoms with Gasteiger partial charge in [0.15, 0.2) is 16.6 Å². The lowest BCUT2D eigenvalue weighted by atomic mass is 10.1. The molecule has 1 heterocycles. The SMILES string of the molecule is COc1ccc(C(=O)N(CCC[NH+](C)C)c2nc3cc(C)c(C)cc3s2)cc1OC. The zero-order chi connectivity index (χ0) is 21.8. The number of anilines is 1. The fraction of sp³-hybridized carbons (Fsp3) is 0.391. The first-order valence-electron chi connectivity index (χ1n) is 10.0. The van der Waals surface area contributed by atoms with Crippen LogP contribution >= 0.6 is 11.3 Å². The summed E-state index contributed by atoms with van der Waals surface area (Å²) in [5, 5.41) is 0.726. The average molecular weight is 429 g/mol. The highest BCUT2D eigenvalue weighted by atomic mass is 32.1. The van der Waals surface area contributed by atoms with Crippen molar-refractivity contribution in [2.24, 2.45) is 0 Å². The van der Waals surface area contributed by atoms with Crippen molar-refractivity contribution in [3.8, 4) is 11.5 Å². The van der Waals surface area contributed by atoms with Crippen molar-refractivity contribution in [2.75, 3.05) is 46.3 Å². The van der Waals surface area contributed by atoms with Crippen LogP contribution in [0.1, 0.15) is 27.9 Å². The first kappa shape index (κ1) is 22.1. The van der Waals surface area contributed by atoms with E-state index in [-0.39, 0.29) is 5.91 Å². The molecule has 3 rings (SSSR count). The molecular formula is C23H30N3O3S+. The van der Waals surface area contributed by atoms with E-state index in [4.69, 9.17) is 14.5 Å². The number of amides is 1. The van der Waals surface area contributed by atoms with E-state index in [1.54, 1.807) is 48.7 Å². The summed E-state index contributed by atoms with van der Waals surface area (Å²) in [5.41, 5.74) is 3.91. The van der Waals surface area contributed by atoms with Gasteiger partial charge in [-0.2, -0.15) is 0 Å². The summed E-state index contributed by atoms with van der Waals surface area (Å²) >= 11 is 1.56. The minimum absolute atomic E-state index is 0.0859. The molecule has 0 unspecified atom stereocenters. The van der Waals surface area contributed by atoms with Gasteiger partial charge in [0.25, 0.3) is 5.91 Å². The van der Waals surface area contributed by atoms with Crippen LogP contribution in [-0.2, 0) is 0 Å². The van der Waals surface area contributed by atoms with Gasteiger partial charge in [-0.05, 0) is 55.3 Å². The quantitative estimate of drug-likeness (QED) is 0.599. The summed E-state index contributed by atoms with van der Waals surface area (Å²) in [7, 11) is 7.38. The first-order chi connectivity index (χ1) is 14.3. The van der Waals surface area contributed by atoms with Crippen LogP contribution in [0.4, 0.5) is 5.13 Å². The van der Waals surface area contributed by atoms with E-state index < -0.39 is 0 Å². The van der Waals surface area contributed by atoms with Crippen LogP contribution in [0.25, 0.3) is 10.2 Å². The average Bonchev–Trinajstić information content (AvgIpc) is 3.12. The number of thiazole rings is 1. The highest BCUT2D eigenvalue weighted by Gasteiger charge is 2.23. The number of benzene rings is 2. The van der Waals surface area contributed by atoms with Crippen LogP contribution in [0.2, 0.25) is 0 Å². The Morgan fingerprint density at radius 3 is 2.43 bits per heavy atom. The van der Waals surface area contributed by atoms with Crippen molar-refractivity contribution in [3.63, 3.8) is 0 Å². The van der Waals surface area contributed by atoms with Crippen LogP contribution < -0.4 is 19.3 Å². The monoisotopic (exact) mass is 428 g/mol. The molecule has 1 N–H and O–H groups in total. The first-order valence-corrected chi connectivity index (χ1v) is 10.9. The Kier molecular flexibility index (Phi) is 6.95. The number of hydrogen-bond donors (Lipinski definition) is 1. The van der Waals surface area contributed by atoms with Gasteiger partial charge in [0.2, 0.25) is 0 Å². The summed E-state index contributed by atoms with van der Waals surface area (Å²) in [6.45, 7) is 5.76. The molecule has 3 aromatic rings. The number of nitrogens with zero attached hydrogens (tertiary/aromatic N) is 2.